The van der Waals surface area contributed by atoms with Crippen LogP contribution in [0.1, 0.15) is 18.1 Å². The lowest BCUT2D eigenvalue weighted by atomic mass is 9.98. The van der Waals surface area contributed by atoms with Crippen LogP contribution in [0.2, 0.25) is 0 Å². The van der Waals surface area contributed by atoms with Crippen LogP contribution in [-0.2, 0) is 4.74 Å². The van der Waals surface area contributed by atoms with Crippen molar-refractivity contribution in [3.8, 4) is 22.3 Å². The average molecular weight is 346 g/mol. The van der Waals surface area contributed by atoms with E-state index in [2.05, 4.69) is 48.5 Å². The van der Waals surface area contributed by atoms with Crippen molar-refractivity contribution in [3.63, 3.8) is 0 Å². The first kappa shape index (κ1) is 17.0. The summed E-state index contributed by atoms with van der Waals surface area (Å²) in [4.78, 5) is 0. The van der Waals surface area contributed by atoms with Crippen molar-refractivity contribution in [3.05, 3.63) is 84.4 Å². The van der Waals surface area contributed by atoms with Gasteiger partial charge in [0.05, 0.1) is 18.8 Å². The SMILES string of the molecule is OC[C@H]1O[C@H](c2ccc(-c3ccc(-c4ccccc4)cc3)cc2)C[C@@H]1O. The molecule has 0 bridgehead atoms. The second-order valence-electron chi connectivity index (χ2n) is 6.71. The molecule has 0 aromatic heterocycles. The highest BCUT2D eigenvalue weighted by atomic mass is 16.5. The molecular weight excluding hydrogens is 324 g/mol. The normalized spacial score (nSPS) is 22.5. The van der Waals surface area contributed by atoms with Gasteiger partial charge < -0.3 is 14.9 Å². The lowest BCUT2D eigenvalue weighted by Gasteiger charge is -2.13. The van der Waals surface area contributed by atoms with Gasteiger partial charge in [0.15, 0.2) is 0 Å². The molecule has 0 spiro atoms. The molecule has 0 saturated carbocycles. The fraction of sp³-hybridized carbons (Fsp3) is 0.217. The highest BCUT2D eigenvalue weighted by Gasteiger charge is 2.34. The molecule has 3 atom stereocenters. The Balaban J connectivity index is 1.50. The third-order valence-electron chi connectivity index (χ3n) is 5.01. The molecule has 0 aliphatic carbocycles. The van der Waals surface area contributed by atoms with E-state index in [0.29, 0.717) is 6.42 Å². The summed E-state index contributed by atoms with van der Waals surface area (Å²) >= 11 is 0. The average Bonchev–Trinajstić information content (AvgIpc) is 3.10. The van der Waals surface area contributed by atoms with Gasteiger partial charge in [-0.15, -0.1) is 0 Å². The molecule has 0 radical (unpaired) electrons. The predicted octanol–water partition coefficient (Wildman–Crippen LogP) is 4.20. The topological polar surface area (TPSA) is 49.7 Å². The Kier molecular flexibility index (Phi) is 4.85. The van der Waals surface area contributed by atoms with Gasteiger partial charge in [0.2, 0.25) is 0 Å². The molecule has 3 heteroatoms. The first-order chi connectivity index (χ1) is 12.7. The van der Waals surface area contributed by atoms with Crippen LogP contribution in [0.5, 0.6) is 0 Å². The molecular formula is C23H22O3. The number of aliphatic hydroxyl groups excluding tert-OH is 2. The highest BCUT2D eigenvalue weighted by Crippen LogP contribution is 2.34. The Morgan fingerprint density at radius 1 is 0.731 bits per heavy atom. The molecule has 1 saturated heterocycles. The quantitative estimate of drug-likeness (QED) is 0.744. The van der Waals surface area contributed by atoms with Crippen molar-refractivity contribution in [1.29, 1.82) is 0 Å². The van der Waals surface area contributed by atoms with Crippen molar-refractivity contribution in [2.45, 2.75) is 24.7 Å². The largest absolute Gasteiger partial charge is 0.394 e. The van der Waals surface area contributed by atoms with E-state index in [1.54, 1.807) is 0 Å². The summed E-state index contributed by atoms with van der Waals surface area (Å²) in [5, 5.41) is 19.1. The van der Waals surface area contributed by atoms with E-state index in [1.807, 2.05) is 30.3 Å². The van der Waals surface area contributed by atoms with Crippen LogP contribution < -0.4 is 0 Å². The summed E-state index contributed by atoms with van der Waals surface area (Å²) in [5.41, 5.74) is 5.76. The van der Waals surface area contributed by atoms with Crippen LogP contribution in [0.3, 0.4) is 0 Å². The zero-order chi connectivity index (χ0) is 17.9. The summed E-state index contributed by atoms with van der Waals surface area (Å²) in [6.07, 6.45) is -0.715. The van der Waals surface area contributed by atoms with Gasteiger partial charge in [0.1, 0.15) is 6.10 Å². The molecule has 1 aliphatic rings. The molecule has 1 fully saturated rings. The zero-order valence-corrected chi connectivity index (χ0v) is 14.5. The molecule has 0 amide bonds. The Labute approximate surface area is 153 Å². The highest BCUT2D eigenvalue weighted by molar-refractivity contribution is 5.70. The minimum atomic E-state index is -0.602. The number of ether oxygens (including phenoxy) is 1. The van der Waals surface area contributed by atoms with E-state index < -0.39 is 12.2 Å². The van der Waals surface area contributed by atoms with Gasteiger partial charge in [-0.3, -0.25) is 0 Å². The molecule has 4 rings (SSSR count). The molecule has 1 heterocycles. The Bertz CT molecular complexity index is 841. The Morgan fingerprint density at radius 3 is 1.73 bits per heavy atom. The minimum absolute atomic E-state index is 0.149. The number of hydrogen-bond donors (Lipinski definition) is 2. The Morgan fingerprint density at radius 2 is 1.23 bits per heavy atom. The molecule has 2 N–H and O–H groups in total. The van der Waals surface area contributed by atoms with Crippen LogP contribution >= 0.6 is 0 Å². The maximum atomic E-state index is 9.89. The maximum Gasteiger partial charge on any atom is 0.107 e. The molecule has 132 valence electrons. The van der Waals surface area contributed by atoms with Crippen LogP contribution in [0, 0.1) is 0 Å². The minimum Gasteiger partial charge on any atom is -0.394 e. The molecule has 26 heavy (non-hydrogen) atoms. The van der Waals surface area contributed by atoms with Crippen molar-refractivity contribution >= 4 is 0 Å². The predicted molar refractivity (Wildman–Crippen MR) is 103 cm³/mol. The lowest BCUT2D eigenvalue weighted by molar-refractivity contribution is -0.0225. The number of aliphatic hydroxyl groups is 2. The summed E-state index contributed by atoms with van der Waals surface area (Å²) in [7, 11) is 0. The number of rotatable bonds is 4. The lowest BCUT2D eigenvalue weighted by Crippen LogP contribution is -2.24. The summed E-state index contributed by atoms with van der Waals surface area (Å²) < 4.78 is 5.72. The number of hydrogen-bond acceptors (Lipinski definition) is 3. The molecule has 3 nitrogen and oxygen atoms in total. The van der Waals surface area contributed by atoms with Gasteiger partial charge in [0.25, 0.3) is 0 Å². The third-order valence-corrected chi connectivity index (χ3v) is 5.01. The van der Waals surface area contributed by atoms with Crippen molar-refractivity contribution in [2.24, 2.45) is 0 Å². The van der Waals surface area contributed by atoms with Crippen LogP contribution in [-0.4, -0.2) is 29.0 Å². The second kappa shape index (κ2) is 7.42. The first-order valence-corrected chi connectivity index (χ1v) is 8.95. The van der Waals surface area contributed by atoms with E-state index in [1.165, 1.54) is 11.1 Å². The fourth-order valence-electron chi connectivity index (χ4n) is 3.48. The van der Waals surface area contributed by atoms with Crippen LogP contribution in [0.15, 0.2) is 78.9 Å². The van der Waals surface area contributed by atoms with E-state index >= 15 is 0 Å². The number of benzene rings is 3. The van der Waals surface area contributed by atoms with E-state index in [9.17, 15) is 10.2 Å². The fourth-order valence-corrected chi connectivity index (χ4v) is 3.48. The molecule has 3 aromatic rings. The second-order valence-corrected chi connectivity index (χ2v) is 6.71. The van der Waals surface area contributed by atoms with Gasteiger partial charge >= 0.3 is 0 Å². The summed E-state index contributed by atoms with van der Waals surface area (Å²) in [5.74, 6) is 0. The van der Waals surface area contributed by atoms with Gasteiger partial charge in [-0.1, -0.05) is 78.9 Å². The van der Waals surface area contributed by atoms with Gasteiger partial charge in [0, 0.05) is 6.42 Å². The first-order valence-electron chi connectivity index (χ1n) is 8.95. The maximum absolute atomic E-state index is 9.89. The van der Waals surface area contributed by atoms with Gasteiger partial charge in [-0.05, 0) is 27.8 Å². The molecule has 0 unspecified atom stereocenters. The monoisotopic (exact) mass is 346 g/mol. The van der Waals surface area contributed by atoms with Crippen LogP contribution in [0.25, 0.3) is 22.3 Å². The van der Waals surface area contributed by atoms with Crippen LogP contribution in [0.4, 0.5) is 0 Å². The summed E-state index contributed by atoms with van der Waals surface area (Å²) in [6.45, 7) is -0.149. The Hall–Kier alpha value is -2.46. The van der Waals surface area contributed by atoms with E-state index in [-0.39, 0.29) is 12.7 Å². The zero-order valence-electron chi connectivity index (χ0n) is 14.5. The van der Waals surface area contributed by atoms with Gasteiger partial charge in [-0.2, -0.15) is 0 Å². The molecule has 3 aromatic carbocycles. The van der Waals surface area contributed by atoms with Crippen molar-refractivity contribution in [1.82, 2.24) is 0 Å². The van der Waals surface area contributed by atoms with Crippen molar-refractivity contribution < 1.29 is 14.9 Å². The van der Waals surface area contributed by atoms with E-state index in [0.717, 1.165) is 16.7 Å². The third kappa shape index (κ3) is 3.42. The van der Waals surface area contributed by atoms with Gasteiger partial charge in [-0.25, -0.2) is 0 Å². The smallest absolute Gasteiger partial charge is 0.107 e. The standard InChI is InChI=1S/C23H22O3/c24-15-23-21(25)14-22(26-23)20-12-10-19(11-13-20)18-8-6-17(7-9-18)16-4-2-1-3-5-16/h1-13,21-25H,14-15H2/t21-,22-,23+/m0/s1. The van der Waals surface area contributed by atoms with Crippen molar-refractivity contribution in [2.75, 3.05) is 6.61 Å². The summed E-state index contributed by atoms with van der Waals surface area (Å²) in [6, 6.07) is 27.1. The van der Waals surface area contributed by atoms with E-state index in [4.69, 9.17) is 4.74 Å². The molecule has 1 aliphatic heterocycles.